The number of methoxy groups -OCH3 is 1. The Bertz CT molecular complexity index is 1110. The van der Waals surface area contributed by atoms with Crippen LogP contribution in [0.2, 0.25) is 0 Å². The number of thiazole rings is 1. The lowest BCUT2D eigenvalue weighted by Crippen LogP contribution is -2.37. The van der Waals surface area contributed by atoms with Crippen LogP contribution in [-0.2, 0) is 4.74 Å². The standard InChI is InChI=1S/C24H27FN4O3S/c1-32-24(31)17-5-2-4-16(12-17)23-28-20(14-33-23)22(30)27-19-7-3-6-18(25)21(19)29-10-8-15(13-26)9-11-29/h2-7,12,14-15,24,31H,8-11,13,26H2,1H3,(H,27,30). The minimum absolute atomic E-state index is 0.241. The molecular weight excluding hydrogens is 443 g/mol. The molecule has 2 aromatic carbocycles. The van der Waals surface area contributed by atoms with Gasteiger partial charge >= 0.3 is 0 Å². The number of aliphatic hydroxyl groups excluding tert-OH is 1. The Morgan fingerprint density at radius 3 is 2.82 bits per heavy atom. The minimum atomic E-state index is -1.03. The van der Waals surface area contributed by atoms with Gasteiger partial charge in [-0.05, 0) is 43.5 Å². The normalized spacial score (nSPS) is 15.5. The number of halogens is 1. The molecule has 1 aromatic heterocycles. The summed E-state index contributed by atoms with van der Waals surface area (Å²) in [5.74, 6) is -0.330. The van der Waals surface area contributed by atoms with E-state index in [2.05, 4.69) is 10.3 Å². The van der Waals surface area contributed by atoms with Gasteiger partial charge in [0.1, 0.15) is 16.5 Å². The van der Waals surface area contributed by atoms with E-state index in [9.17, 15) is 14.3 Å². The summed E-state index contributed by atoms with van der Waals surface area (Å²) in [5, 5.41) is 15.0. The fourth-order valence-electron chi connectivity index (χ4n) is 3.99. The summed E-state index contributed by atoms with van der Waals surface area (Å²) < 4.78 is 19.7. The second-order valence-corrected chi connectivity index (χ2v) is 8.87. The molecule has 1 saturated heterocycles. The number of hydrogen-bond acceptors (Lipinski definition) is 7. The van der Waals surface area contributed by atoms with Gasteiger partial charge in [0.05, 0.1) is 11.4 Å². The van der Waals surface area contributed by atoms with Gasteiger partial charge in [0.15, 0.2) is 6.29 Å². The van der Waals surface area contributed by atoms with E-state index in [1.165, 1.54) is 24.5 Å². The van der Waals surface area contributed by atoms with Crippen molar-refractivity contribution in [1.82, 2.24) is 4.98 Å². The molecule has 0 spiro atoms. The number of aromatic nitrogens is 1. The molecule has 1 unspecified atom stereocenters. The van der Waals surface area contributed by atoms with Crippen molar-refractivity contribution in [3.63, 3.8) is 0 Å². The van der Waals surface area contributed by atoms with E-state index in [4.69, 9.17) is 10.5 Å². The van der Waals surface area contributed by atoms with E-state index in [0.29, 0.717) is 47.5 Å². The maximum absolute atomic E-state index is 14.8. The van der Waals surface area contributed by atoms with Crippen LogP contribution >= 0.6 is 11.3 Å². The number of rotatable bonds is 7. The molecule has 33 heavy (non-hydrogen) atoms. The first-order chi connectivity index (χ1) is 16.0. The number of piperidine rings is 1. The third-order valence-corrected chi connectivity index (χ3v) is 6.77. The van der Waals surface area contributed by atoms with Crippen molar-refractivity contribution in [2.75, 3.05) is 37.0 Å². The number of aliphatic hydroxyl groups is 1. The molecule has 3 aromatic rings. The molecule has 1 fully saturated rings. The molecule has 174 valence electrons. The summed E-state index contributed by atoms with van der Waals surface area (Å²) >= 11 is 1.32. The van der Waals surface area contributed by atoms with Gasteiger partial charge in [0.2, 0.25) is 0 Å². The van der Waals surface area contributed by atoms with Crippen molar-refractivity contribution >= 4 is 28.6 Å². The van der Waals surface area contributed by atoms with Crippen molar-refractivity contribution in [3.8, 4) is 10.6 Å². The lowest BCUT2D eigenvalue weighted by atomic mass is 9.96. The Balaban J connectivity index is 1.52. The highest BCUT2D eigenvalue weighted by Gasteiger charge is 2.24. The molecule has 0 radical (unpaired) electrons. The van der Waals surface area contributed by atoms with Gasteiger partial charge in [0.25, 0.3) is 5.91 Å². The van der Waals surface area contributed by atoms with Crippen molar-refractivity contribution in [2.24, 2.45) is 11.7 Å². The van der Waals surface area contributed by atoms with Crippen LogP contribution in [0, 0.1) is 11.7 Å². The number of para-hydroxylation sites is 1. The molecule has 0 saturated carbocycles. The van der Waals surface area contributed by atoms with Crippen LogP contribution in [0.4, 0.5) is 15.8 Å². The fraction of sp³-hybridized carbons (Fsp3) is 0.333. The highest BCUT2D eigenvalue weighted by Crippen LogP contribution is 2.33. The lowest BCUT2D eigenvalue weighted by molar-refractivity contribution is -0.0769. The topological polar surface area (TPSA) is 101 Å². The molecule has 7 nitrogen and oxygen atoms in total. The number of amides is 1. The summed E-state index contributed by atoms with van der Waals surface area (Å²) in [5.41, 5.74) is 8.20. The van der Waals surface area contributed by atoms with E-state index in [1.807, 2.05) is 11.0 Å². The Hall–Kier alpha value is -2.85. The first-order valence-electron chi connectivity index (χ1n) is 10.8. The zero-order valence-electron chi connectivity index (χ0n) is 18.3. The lowest BCUT2D eigenvalue weighted by Gasteiger charge is -2.34. The molecule has 1 aliphatic heterocycles. The quantitative estimate of drug-likeness (QED) is 0.451. The SMILES string of the molecule is COC(O)c1cccc(-c2nc(C(=O)Nc3cccc(F)c3N3CCC(CN)CC3)cs2)c1. The Morgan fingerprint density at radius 2 is 2.09 bits per heavy atom. The maximum atomic E-state index is 14.8. The number of nitrogens with one attached hydrogen (secondary N) is 1. The molecule has 2 heterocycles. The third kappa shape index (κ3) is 5.22. The van der Waals surface area contributed by atoms with Crippen LogP contribution in [0.3, 0.4) is 0 Å². The van der Waals surface area contributed by atoms with Crippen LogP contribution in [0.25, 0.3) is 10.6 Å². The number of carbonyl (C=O) groups is 1. The van der Waals surface area contributed by atoms with Gasteiger partial charge in [0, 0.05) is 36.7 Å². The second-order valence-electron chi connectivity index (χ2n) is 8.01. The largest absolute Gasteiger partial charge is 0.367 e. The summed E-state index contributed by atoms with van der Waals surface area (Å²) in [6, 6.07) is 11.9. The number of carbonyl (C=O) groups excluding carboxylic acids is 1. The van der Waals surface area contributed by atoms with E-state index < -0.39 is 12.2 Å². The van der Waals surface area contributed by atoms with Crippen LogP contribution in [0.15, 0.2) is 47.8 Å². The predicted octanol–water partition coefficient (Wildman–Crippen LogP) is 4.01. The summed E-state index contributed by atoms with van der Waals surface area (Å²) in [6.07, 6.45) is 0.753. The van der Waals surface area contributed by atoms with Crippen molar-refractivity contribution in [1.29, 1.82) is 0 Å². The Kier molecular flexibility index (Phi) is 7.34. The van der Waals surface area contributed by atoms with Gasteiger partial charge < -0.3 is 25.8 Å². The van der Waals surface area contributed by atoms with Gasteiger partial charge in [-0.15, -0.1) is 11.3 Å². The van der Waals surface area contributed by atoms with Crippen LogP contribution < -0.4 is 16.0 Å². The number of anilines is 2. The average molecular weight is 471 g/mol. The Labute approximate surface area is 196 Å². The molecule has 4 N–H and O–H groups in total. The minimum Gasteiger partial charge on any atom is -0.367 e. The smallest absolute Gasteiger partial charge is 0.275 e. The fourth-order valence-corrected chi connectivity index (χ4v) is 4.79. The average Bonchev–Trinajstić information content (AvgIpc) is 3.35. The van der Waals surface area contributed by atoms with Crippen molar-refractivity contribution < 1.29 is 19.0 Å². The van der Waals surface area contributed by atoms with E-state index in [1.54, 1.807) is 35.7 Å². The van der Waals surface area contributed by atoms with E-state index in [-0.39, 0.29) is 11.5 Å². The highest BCUT2D eigenvalue weighted by atomic mass is 32.1. The molecule has 9 heteroatoms. The predicted molar refractivity (Wildman–Crippen MR) is 128 cm³/mol. The molecule has 1 amide bonds. The number of nitrogens with two attached hydrogens (primary N) is 1. The monoisotopic (exact) mass is 470 g/mol. The van der Waals surface area contributed by atoms with Crippen LogP contribution in [0.1, 0.15) is 35.2 Å². The van der Waals surface area contributed by atoms with Gasteiger partial charge in [-0.2, -0.15) is 0 Å². The second kappa shape index (κ2) is 10.4. The molecule has 1 aliphatic rings. The molecule has 0 aliphatic carbocycles. The Morgan fingerprint density at radius 1 is 1.33 bits per heavy atom. The van der Waals surface area contributed by atoms with Crippen LogP contribution in [-0.4, -0.2) is 42.7 Å². The highest BCUT2D eigenvalue weighted by molar-refractivity contribution is 7.13. The third-order valence-electron chi connectivity index (χ3n) is 5.88. The molecule has 4 rings (SSSR count). The molecular formula is C24H27FN4O3S. The number of benzene rings is 2. The number of nitrogens with zero attached hydrogens (tertiary/aromatic N) is 2. The zero-order valence-corrected chi connectivity index (χ0v) is 19.1. The van der Waals surface area contributed by atoms with Crippen LogP contribution in [0.5, 0.6) is 0 Å². The van der Waals surface area contributed by atoms with Gasteiger partial charge in [-0.1, -0.05) is 24.3 Å². The number of hydrogen-bond donors (Lipinski definition) is 3. The molecule has 0 bridgehead atoms. The first kappa shape index (κ1) is 23.3. The summed E-state index contributed by atoms with van der Waals surface area (Å²) in [4.78, 5) is 19.4. The molecule has 1 atom stereocenters. The van der Waals surface area contributed by atoms with Crippen molar-refractivity contribution in [2.45, 2.75) is 19.1 Å². The van der Waals surface area contributed by atoms with Gasteiger partial charge in [-0.3, -0.25) is 4.79 Å². The summed E-state index contributed by atoms with van der Waals surface area (Å²) in [7, 11) is 1.42. The first-order valence-corrected chi connectivity index (χ1v) is 11.7. The zero-order chi connectivity index (χ0) is 23.4. The van der Waals surface area contributed by atoms with E-state index in [0.717, 1.165) is 18.4 Å². The maximum Gasteiger partial charge on any atom is 0.275 e. The number of ether oxygens (including phenoxy) is 1. The van der Waals surface area contributed by atoms with Crippen molar-refractivity contribution in [3.05, 3.63) is 64.9 Å². The van der Waals surface area contributed by atoms with E-state index >= 15 is 0 Å². The van der Waals surface area contributed by atoms with Gasteiger partial charge in [-0.25, -0.2) is 9.37 Å². The summed E-state index contributed by atoms with van der Waals surface area (Å²) in [6.45, 7) is 2.01.